The van der Waals surface area contributed by atoms with Gasteiger partial charge in [-0.1, -0.05) is 20.3 Å². The van der Waals surface area contributed by atoms with Crippen LogP contribution in [0.5, 0.6) is 0 Å². The summed E-state index contributed by atoms with van der Waals surface area (Å²) in [6.45, 7) is 7.51. The lowest BCUT2D eigenvalue weighted by Gasteiger charge is -1.94. The molecule has 2 heteroatoms. The van der Waals surface area contributed by atoms with Gasteiger partial charge in [0.1, 0.15) is 0 Å². The van der Waals surface area contributed by atoms with Gasteiger partial charge >= 0.3 is 0 Å². The maximum atomic E-state index is 7.57. The molecule has 0 aromatic rings. The Morgan fingerprint density at radius 2 is 1.91 bits per heavy atom. The largest absolute Gasteiger partial charge is 0.397 e. The van der Waals surface area contributed by atoms with Gasteiger partial charge in [0.25, 0.3) is 0 Å². The summed E-state index contributed by atoms with van der Waals surface area (Å²) >= 11 is 0. The fraction of sp³-hybridized carbons (Fsp3) is 1.00. The fourth-order valence-corrected chi connectivity index (χ4v) is 1.21. The number of rotatable bonds is 3. The van der Waals surface area contributed by atoms with Crippen LogP contribution in [0, 0.1) is 5.92 Å². The number of aliphatic hydroxyl groups is 1. The highest BCUT2D eigenvalue weighted by molar-refractivity contribution is 4.91. The molecule has 1 rings (SSSR count). The van der Waals surface area contributed by atoms with Gasteiger partial charge in [0, 0.05) is 12.6 Å². The van der Waals surface area contributed by atoms with Crippen LogP contribution < -0.4 is 5.32 Å². The van der Waals surface area contributed by atoms with Gasteiger partial charge in [-0.3, -0.25) is 0 Å². The molecule has 0 bridgehead atoms. The van der Waals surface area contributed by atoms with Crippen molar-refractivity contribution in [3.05, 3.63) is 0 Å². The van der Waals surface area contributed by atoms with E-state index in [9.17, 15) is 0 Å². The molecule has 0 spiro atoms. The average molecular weight is 159 g/mol. The van der Waals surface area contributed by atoms with E-state index < -0.39 is 0 Å². The minimum Gasteiger partial charge on any atom is -0.397 e. The van der Waals surface area contributed by atoms with Crippen molar-refractivity contribution in [2.24, 2.45) is 5.92 Å². The molecule has 0 saturated heterocycles. The van der Waals surface area contributed by atoms with Gasteiger partial charge in [-0.2, -0.15) is 0 Å². The van der Waals surface area contributed by atoms with Gasteiger partial charge < -0.3 is 10.4 Å². The molecular formula is C9H21NO. The van der Waals surface area contributed by atoms with E-state index in [0.29, 0.717) is 0 Å². The molecule has 1 fully saturated rings. The van der Waals surface area contributed by atoms with Crippen LogP contribution in [0.1, 0.15) is 33.6 Å². The second kappa shape index (κ2) is 6.62. The van der Waals surface area contributed by atoms with E-state index in [4.69, 9.17) is 5.11 Å². The normalized spacial score (nSPS) is 27.3. The minimum atomic E-state index is 0.250. The van der Waals surface area contributed by atoms with E-state index in [0.717, 1.165) is 18.5 Å². The third-order valence-electron chi connectivity index (χ3n) is 1.91. The molecule has 1 aliphatic rings. The summed E-state index contributed by atoms with van der Waals surface area (Å²) in [6, 6.07) is 0.880. The molecule has 0 radical (unpaired) electrons. The molecule has 1 saturated carbocycles. The smallest absolute Gasteiger partial charge is 0.0402 e. The van der Waals surface area contributed by atoms with Crippen LogP contribution in [0.25, 0.3) is 0 Å². The predicted octanol–water partition coefficient (Wildman–Crippen LogP) is 1.39. The van der Waals surface area contributed by atoms with Crippen molar-refractivity contribution in [3.8, 4) is 0 Å². The highest BCUT2D eigenvalue weighted by atomic mass is 16.2. The second-order valence-electron chi connectivity index (χ2n) is 2.88. The summed E-state index contributed by atoms with van der Waals surface area (Å²) in [5, 5.41) is 11.0. The first-order valence-corrected chi connectivity index (χ1v) is 4.64. The van der Waals surface area contributed by atoms with E-state index in [1.54, 1.807) is 6.92 Å². The molecule has 0 amide bonds. The lowest BCUT2D eigenvalue weighted by molar-refractivity contribution is 0.318. The van der Waals surface area contributed by atoms with E-state index in [1.165, 1.54) is 12.8 Å². The Labute approximate surface area is 70.0 Å². The summed E-state index contributed by atoms with van der Waals surface area (Å²) in [6.07, 6.45) is 2.78. The lowest BCUT2D eigenvalue weighted by Crippen LogP contribution is -2.16. The van der Waals surface area contributed by atoms with Crippen LogP contribution >= 0.6 is 0 Å². The molecule has 2 unspecified atom stereocenters. The molecule has 0 heterocycles. The first kappa shape index (κ1) is 10.9. The zero-order chi connectivity index (χ0) is 8.69. The zero-order valence-corrected chi connectivity index (χ0v) is 7.93. The van der Waals surface area contributed by atoms with Gasteiger partial charge in [-0.25, -0.2) is 0 Å². The van der Waals surface area contributed by atoms with E-state index in [-0.39, 0.29) is 6.61 Å². The maximum absolute atomic E-state index is 7.57. The van der Waals surface area contributed by atoms with Crippen molar-refractivity contribution in [3.63, 3.8) is 0 Å². The van der Waals surface area contributed by atoms with Crippen molar-refractivity contribution in [1.29, 1.82) is 0 Å². The van der Waals surface area contributed by atoms with Crippen LogP contribution in [0.2, 0.25) is 0 Å². The van der Waals surface area contributed by atoms with Crippen molar-refractivity contribution < 1.29 is 5.11 Å². The lowest BCUT2D eigenvalue weighted by atomic mass is 10.3. The Bertz CT molecular complexity index is 85.6. The van der Waals surface area contributed by atoms with Crippen LogP contribution in [0.3, 0.4) is 0 Å². The molecule has 1 aliphatic carbocycles. The number of hydrogen-bond donors (Lipinski definition) is 2. The van der Waals surface area contributed by atoms with Crippen LogP contribution in [0.4, 0.5) is 0 Å². The van der Waals surface area contributed by atoms with Crippen molar-refractivity contribution in [2.75, 3.05) is 13.2 Å². The number of nitrogens with one attached hydrogen (secondary N) is 1. The van der Waals surface area contributed by atoms with E-state index >= 15 is 0 Å². The summed E-state index contributed by atoms with van der Waals surface area (Å²) in [7, 11) is 0. The Kier molecular flexibility index (Phi) is 6.57. The average Bonchev–Trinajstić information content (AvgIpc) is 2.70. The van der Waals surface area contributed by atoms with Gasteiger partial charge in [-0.05, 0) is 25.8 Å². The SMILES string of the molecule is CCNC1CC1CC.CCO. The highest BCUT2D eigenvalue weighted by Gasteiger charge is 2.33. The predicted molar refractivity (Wildman–Crippen MR) is 48.6 cm³/mol. The Morgan fingerprint density at radius 3 is 2.18 bits per heavy atom. The quantitative estimate of drug-likeness (QED) is 0.652. The van der Waals surface area contributed by atoms with Crippen LogP contribution in [-0.2, 0) is 0 Å². The molecular weight excluding hydrogens is 138 g/mol. The molecule has 68 valence electrons. The maximum Gasteiger partial charge on any atom is 0.0402 e. The monoisotopic (exact) mass is 159 g/mol. The first-order chi connectivity index (χ1) is 5.29. The van der Waals surface area contributed by atoms with Gasteiger partial charge in [-0.15, -0.1) is 0 Å². The number of hydrogen-bond acceptors (Lipinski definition) is 2. The van der Waals surface area contributed by atoms with Gasteiger partial charge in [0.2, 0.25) is 0 Å². The van der Waals surface area contributed by atoms with Gasteiger partial charge in [0.15, 0.2) is 0 Å². The molecule has 0 aliphatic heterocycles. The number of aliphatic hydroxyl groups excluding tert-OH is 1. The highest BCUT2D eigenvalue weighted by Crippen LogP contribution is 2.32. The summed E-state index contributed by atoms with van der Waals surface area (Å²) in [5.41, 5.74) is 0. The Balaban J connectivity index is 0.000000292. The summed E-state index contributed by atoms with van der Waals surface area (Å²) < 4.78 is 0. The first-order valence-electron chi connectivity index (χ1n) is 4.64. The third kappa shape index (κ3) is 5.22. The molecule has 2 N–H and O–H groups in total. The molecule has 2 nitrogen and oxygen atoms in total. The van der Waals surface area contributed by atoms with Crippen molar-refractivity contribution in [1.82, 2.24) is 5.32 Å². The van der Waals surface area contributed by atoms with E-state index in [2.05, 4.69) is 19.2 Å². The fourth-order valence-electron chi connectivity index (χ4n) is 1.21. The molecule has 0 aromatic carbocycles. The molecule has 11 heavy (non-hydrogen) atoms. The third-order valence-corrected chi connectivity index (χ3v) is 1.91. The molecule has 0 aromatic heterocycles. The Hall–Kier alpha value is -0.0800. The summed E-state index contributed by atoms with van der Waals surface area (Å²) in [5.74, 6) is 1.01. The summed E-state index contributed by atoms with van der Waals surface area (Å²) in [4.78, 5) is 0. The van der Waals surface area contributed by atoms with Crippen molar-refractivity contribution in [2.45, 2.75) is 39.7 Å². The van der Waals surface area contributed by atoms with Crippen LogP contribution in [-0.4, -0.2) is 24.3 Å². The van der Waals surface area contributed by atoms with Crippen LogP contribution in [0.15, 0.2) is 0 Å². The topological polar surface area (TPSA) is 32.3 Å². The zero-order valence-electron chi connectivity index (χ0n) is 7.93. The van der Waals surface area contributed by atoms with Gasteiger partial charge in [0.05, 0.1) is 0 Å². The van der Waals surface area contributed by atoms with E-state index in [1.807, 2.05) is 0 Å². The minimum absolute atomic E-state index is 0.250. The molecule has 2 atom stereocenters. The second-order valence-corrected chi connectivity index (χ2v) is 2.88. The Morgan fingerprint density at radius 1 is 1.36 bits per heavy atom. The van der Waals surface area contributed by atoms with Crippen molar-refractivity contribution >= 4 is 0 Å². The standard InChI is InChI=1S/C7H15N.C2H6O/c1-3-6-5-7(6)8-4-2;1-2-3/h6-8H,3-5H2,1-2H3;3H,2H2,1H3.